The van der Waals surface area contributed by atoms with Gasteiger partial charge in [-0.25, -0.2) is 0 Å². The fraction of sp³-hybridized carbons (Fsp3) is 0.143. The second kappa shape index (κ2) is 25.2. The van der Waals surface area contributed by atoms with Crippen molar-refractivity contribution in [2.24, 2.45) is 0 Å². The fourth-order valence-corrected chi connectivity index (χ4v) is 13.0. The first-order valence-electron chi connectivity index (χ1n) is 10.2. The van der Waals surface area contributed by atoms with E-state index in [2.05, 4.69) is 143 Å². The molecule has 3 aromatic carbocycles. The van der Waals surface area contributed by atoms with Crippen LogP contribution in [0.25, 0.3) is 0 Å². The quantitative estimate of drug-likeness (QED) is 0.165. The van der Waals surface area contributed by atoms with Gasteiger partial charge in [0.1, 0.15) is 0 Å². The molecule has 0 aliphatic heterocycles. The van der Waals surface area contributed by atoms with Gasteiger partial charge in [0.2, 0.25) is 0 Å². The van der Waals surface area contributed by atoms with Crippen LogP contribution in [0.4, 0.5) is 0 Å². The molecule has 0 spiro atoms. The summed E-state index contributed by atoms with van der Waals surface area (Å²) in [4.78, 5) is 2.58. The van der Waals surface area contributed by atoms with Crippen molar-refractivity contribution in [1.82, 2.24) is 4.90 Å². The van der Waals surface area contributed by atoms with E-state index in [1.807, 2.05) is 0 Å². The molecule has 0 unspecified atom stereocenters. The zero-order valence-corrected chi connectivity index (χ0v) is 23.9. The second-order valence-corrected chi connectivity index (χ2v) is 12.8. The monoisotopic (exact) mass is 667 g/mol. The summed E-state index contributed by atoms with van der Waals surface area (Å²) in [7, 11) is -2.25. The van der Waals surface area contributed by atoms with Gasteiger partial charge in [-0.05, 0) is 0 Å². The molecule has 3 rings (SSSR count). The van der Waals surface area contributed by atoms with Gasteiger partial charge in [0.25, 0.3) is 0 Å². The summed E-state index contributed by atoms with van der Waals surface area (Å²) in [5.74, 6) is 0. The van der Waals surface area contributed by atoms with Crippen LogP contribution in [0.15, 0.2) is 91.0 Å². The average molecular weight is 667 g/mol. The third-order valence-electron chi connectivity index (χ3n) is 4.99. The van der Waals surface area contributed by atoms with Gasteiger partial charge >= 0.3 is 226 Å². The maximum absolute atomic E-state index is 7.50. The van der Waals surface area contributed by atoms with Gasteiger partial charge in [-0.2, -0.15) is 0 Å². The van der Waals surface area contributed by atoms with Crippen LogP contribution in [0, 0.1) is 33.3 Å². The summed E-state index contributed by atoms with van der Waals surface area (Å²) >= 11 is 1.58. The Labute approximate surface area is 225 Å². The number of hydrogen-bond acceptors (Lipinski definition) is 1. The van der Waals surface area contributed by atoms with E-state index in [9.17, 15) is 0 Å². The summed E-state index contributed by atoms with van der Waals surface area (Å²) in [6.45, 7) is 29.1. The van der Waals surface area contributed by atoms with E-state index >= 15 is 0 Å². The van der Waals surface area contributed by atoms with Crippen LogP contribution >= 0.6 is 0 Å². The van der Waals surface area contributed by atoms with E-state index in [1.54, 1.807) is 23.0 Å². The molecule has 0 saturated carbocycles. The normalized spacial score (nSPS) is 8.58. The van der Waals surface area contributed by atoms with Crippen LogP contribution in [0.5, 0.6) is 0 Å². The molecule has 0 N–H and O–H groups in total. The van der Waals surface area contributed by atoms with E-state index in [1.165, 1.54) is 15.6 Å². The Morgan fingerprint density at radius 2 is 0.778 bits per heavy atom. The van der Waals surface area contributed by atoms with Crippen molar-refractivity contribution in [3.05, 3.63) is 124 Å². The SMILES string of the molecule is CCN(CC)[C](=[W])[Si](c1ccccc1)(c1ccccc1)c1ccccc1.[C-]#[O+].[C-]#[O+].[C-]#[O+].[C-]#[O+].[C-]#[O+]. The van der Waals surface area contributed by atoms with Crippen LogP contribution in [0.3, 0.4) is 0 Å². The molecule has 6 nitrogen and oxygen atoms in total. The first-order chi connectivity index (χ1) is 17.7. The molecule has 0 heterocycles. The number of benzene rings is 3. The summed E-state index contributed by atoms with van der Waals surface area (Å²) in [6.07, 6.45) is 0. The van der Waals surface area contributed by atoms with E-state index < -0.39 is 8.07 Å². The van der Waals surface area contributed by atoms with Crippen molar-refractivity contribution < 1.29 is 42.6 Å². The maximum atomic E-state index is 7.50. The summed E-state index contributed by atoms with van der Waals surface area (Å²) in [5, 5.41) is 4.40. The minimum absolute atomic E-state index is 1.05. The Morgan fingerprint density at radius 1 is 0.556 bits per heavy atom. The zero-order valence-electron chi connectivity index (χ0n) is 20.0. The van der Waals surface area contributed by atoms with Crippen LogP contribution in [0.2, 0.25) is 0 Å². The summed E-state index contributed by atoms with van der Waals surface area (Å²) in [5.41, 5.74) is 0. The molecule has 8 heteroatoms. The van der Waals surface area contributed by atoms with Crippen molar-refractivity contribution >= 4 is 27.3 Å². The van der Waals surface area contributed by atoms with Gasteiger partial charge < -0.3 is 0 Å². The van der Waals surface area contributed by atoms with Crippen LogP contribution in [-0.4, -0.2) is 29.7 Å². The van der Waals surface area contributed by atoms with E-state index in [0.29, 0.717) is 0 Å². The third kappa shape index (κ3) is 9.99. The van der Waals surface area contributed by atoms with E-state index in [-0.39, 0.29) is 0 Å². The molecule has 0 bridgehead atoms. The Hall–Kier alpha value is -2.90. The first kappa shape index (κ1) is 37.6. The molecular formula is C28H25NO5SiW. The average Bonchev–Trinajstić information content (AvgIpc) is 3.01. The van der Waals surface area contributed by atoms with Gasteiger partial charge in [0, 0.05) is 0 Å². The molecule has 0 amide bonds. The summed E-state index contributed by atoms with van der Waals surface area (Å²) < 4.78 is 39.1. The van der Waals surface area contributed by atoms with Crippen LogP contribution < -0.4 is 15.6 Å². The van der Waals surface area contributed by atoms with E-state index in [0.717, 1.165) is 13.1 Å². The predicted octanol–water partition coefficient (Wildman–Crippen LogP) is 2.53. The minimum atomic E-state index is -2.25. The van der Waals surface area contributed by atoms with Crippen LogP contribution in [-0.2, 0) is 42.6 Å². The molecular weight excluding hydrogens is 642 g/mol. The number of rotatable bonds is 7. The first-order valence-corrected chi connectivity index (χ1v) is 13.7. The van der Waals surface area contributed by atoms with Gasteiger partial charge in [0.15, 0.2) is 0 Å². The third-order valence-corrected chi connectivity index (χ3v) is 13.8. The molecule has 36 heavy (non-hydrogen) atoms. The van der Waals surface area contributed by atoms with Gasteiger partial charge in [0.05, 0.1) is 0 Å². The van der Waals surface area contributed by atoms with Gasteiger partial charge in [-0.1, -0.05) is 0 Å². The van der Waals surface area contributed by atoms with Gasteiger partial charge in [-0.15, -0.1) is 0 Å². The van der Waals surface area contributed by atoms with Crippen LogP contribution in [0.1, 0.15) is 13.8 Å². The topological polar surface area (TPSA) is 103 Å². The zero-order chi connectivity index (χ0) is 28.4. The molecule has 0 radical (unpaired) electrons. The molecule has 3 aromatic rings. The van der Waals surface area contributed by atoms with Crippen molar-refractivity contribution in [2.75, 3.05) is 13.1 Å². The fourth-order valence-electron chi connectivity index (χ4n) is 3.68. The number of hydrogen-bond donors (Lipinski definition) is 0. The Kier molecular flexibility index (Phi) is 26.3. The molecule has 0 saturated heterocycles. The predicted molar refractivity (Wildman–Crippen MR) is 132 cm³/mol. The summed E-state index contributed by atoms with van der Waals surface area (Å²) in [6, 6.07) is 33.5. The molecule has 0 aliphatic rings. The van der Waals surface area contributed by atoms with Crippen molar-refractivity contribution in [1.29, 1.82) is 0 Å². The van der Waals surface area contributed by atoms with E-state index in [4.69, 9.17) is 23.3 Å². The molecule has 0 atom stereocenters. The van der Waals surface area contributed by atoms with Crippen molar-refractivity contribution in [2.45, 2.75) is 13.8 Å². The Bertz CT molecular complexity index is 930. The van der Waals surface area contributed by atoms with Gasteiger partial charge in [-0.3, -0.25) is 0 Å². The molecule has 182 valence electrons. The Morgan fingerprint density at radius 3 is 0.972 bits per heavy atom. The second-order valence-electron chi connectivity index (χ2n) is 6.33. The molecule has 0 aromatic heterocycles. The Balaban J connectivity index is -0.000000973. The molecule has 0 aliphatic carbocycles. The van der Waals surface area contributed by atoms with Crippen molar-refractivity contribution in [3.8, 4) is 0 Å². The van der Waals surface area contributed by atoms with Crippen molar-refractivity contribution in [3.63, 3.8) is 0 Å². The molecule has 0 fully saturated rings. The number of nitrogens with zero attached hydrogens (tertiary/aromatic N) is 1. The standard InChI is InChI=1S/C23H25NSi.5CO.W/c1-3-24(4-2)20-25(21-14-8-5-9-15-21,22-16-10-6-11-17-22)23-18-12-7-13-19-23;5*1-2;/h5-19H,3-4H2,1-2H3;;;;;;.